The van der Waals surface area contributed by atoms with E-state index in [4.69, 9.17) is 16.3 Å². The molecule has 0 bridgehead atoms. The Labute approximate surface area is 211 Å². The summed E-state index contributed by atoms with van der Waals surface area (Å²) in [5, 5.41) is 15.5. The van der Waals surface area contributed by atoms with Gasteiger partial charge < -0.3 is 15.4 Å². The molecule has 8 nitrogen and oxygen atoms in total. The van der Waals surface area contributed by atoms with Crippen LogP contribution >= 0.6 is 32.0 Å². The van der Waals surface area contributed by atoms with Gasteiger partial charge in [-0.15, -0.1) is 9.62 Å². The number of carbonyl (C=O) groups is 1. The van der Waals surface area contributed by atoms with E-state index in [2.05, 4.69) is 21.7 Å². The summed E-state index contributed by atoms with van der Waals surface area (Å²) in [5.41, 5.74) is 1.95. The van der Waals surface area contributed by atoms with Gasteiger partial charge in [-0.05, 0) is 48.4 Å². The van der Waals surface area contributed by atoms with Gasteiger partial charge in [0, 0.05) is 35.5 Å². The minimum absolute atomic E-state index is 0.0470. The lowest BCUT2D eigenvalue weighted by atomic mass is 10.1. The van der Waals surface area contributed by atoms with E-state index in [-0.39, 0.29) is 22.9 Å². The molecule has 1 saturated heterocycles. The highest BCUT2D eigenvalue weighted by Crippen LogP contribution is 2.63. The van der Waals surface area contributed by atoms with Crippen molar-refractivity contribution in [1.82, 2.24) is 4.98 Å². The molecule has 4 N–H and O–H groups in total. The lowest BCUT2D eigenvalue weighted by Gasteiger charge is -2.31. The molecule has 1 aliphatic heterocycles. The van der Waals surface area contributed by atoms with E-state index in [1.165, 1.54) is 24.4 Å². The van der Waals surface area contributed by atoms with Crippen molar-refractivity contribution >= 4 is 65.9 Å². The van der Waals surface area contributed by atoms with Crippen LogP contribution in [-0.2, 0) is 4.79 Å². The molecule has 0 saturated carbocycles. The summed E-state index contributed by atoms with van der Waals surface area (Å²) < 4.78 is 39.6. The number of rotatable bonds is 7. The molecule has 4 rings (SSSR count). The second-order valence-electron chi connectivity index (χ2n) is 7.73. The Balaban J connectivity index is 1.73. The van der Waals surface area contributed by atoms with Crippen LogP contribution in [0.1, 0.15) is 25.3 Å². The molecule has 12 heteroatoms. The van der Waals surface area contributed by atoms with E-state index < -0.39 is 20.7 Å². The van der Waals surface area contributed by atoms with Gasteiger partial charge in [0.2, 0.25) is 5.91 Å². The number of aromatic nitrogens is 1. The molecule has 1 atom stereocenters. The van der Waals surface area contributed by atoms with Crippen molar-refractivity contribution in [3.63, 3.8) is 0 Å². The van der Waals surface area contributed by atoms with Gasteiger partial charge in [0.15, 0.2) is 0 Å². The number of ether oxygens (including phenoxy) is 1. The quantitative estimate of drug-likeness (QED) is 0.250. The second-order valence-corrected chi connectivity index (χ2v) is 12.7. The normalized spacial score (nSPS) is 17.5. The first-order chi connectivity index (χ1) is 16.7. The molecule has 1 aliphatic rings. The number of carbonyl (C=O) groups excluding carboxylic acids is 1. The number of nitriles is 1. The van der Waals surface area contributed by atoms with E-state index in [1.807, 2.05) is 0 Å². The first kappa shape index (κ1) is 25.3. The Morgan fingerprint density at radius 1 is 1.40 bits per heavy atom. The van der Waals surface area contributed by atoms with Crippen molar-refractivity contribution < 1.29 is 23.0 Å². The third kappa shape index (κ3) is 5.58. The Morgan fingerprint density at radius 3 is 2.86 bits per heavy atom. The zero-order valence-corrected chi connectivity index (χ0v) is 20.9. The molecule has 2 heterocycles. The molecule has 35 heavy (non-hydrogen) atoms. The van der Waals surface area contributed by atoms with Gasteiger partial charge in [0.1, 0.15) is 17.6 Å². The number of amides is 1. The van der Waals surface area contributed by atoms with Crippen LogP contribution < -0.4 is 15.4 Å². The van der Waals surface area contributed by atoms with Crippen LogP contribution in [0.25, 0.3) is 10.9 Å². The fourth-order valence-electron chi connectivity index (χ4n) is 3.70. The molecule has 184 valence electrons. The number of halogens is 2. The summed E-state index contributed by atoms with van der Waals surface area (Å²) in [6, 6.07) is 9.48. The van der Waals surface area contributed by atoms with Gasteiger partial charge >= 0.3 is 0 Å². The number of fused-ring (bicyclic) bond motifs is 1. The zero-order valence-electron chi connectivity index (χ0n) is 18.5. The van der Waals surface area contributed by atoms with Crippen LogP contribution in [0.5, 0.6) is 5.75 Å². The first-order valence-corrected chi connectivity index (χ1v) is 14.1. The number of anilines is 3. The van der Waals surface area contributed by atoms with E-state index in [0.717, 1.165) is 10.8 Å². The molecular weight excluding hydrogens is 515 g/mol. The Hall–Kier alpha value is -2.75. The van der Waals surface area contributed by atoms with E-state index in [9.17, 15) is 23.6 Å². The van der Waals surface area contributed by atoms with Crippen LogP contribution in [0.4, 0.5) is 21.5 Å². The molecule has 1 unspecified atom stereocenters. The van der Waals surface area contributed by atoms with Crippen LogP contribution in [0.15, 0.2) is 36.5 Å². The third-order valence-corrected chi connectivity index (χ3v) is 10.1. The van der Waals surface area contributed by atoms with Crippen LogP contribution in [-0.4, -0.2) is 37.6 Å². The van der Waals surface area contributed by atoms with Crippen molar-refractivity contribution in [1.29, 1.82) is 5.26 Å². The van der Waals surface area contributed by atoms with Gasteiger partial charge in [0.25, 0.3) is 0 Å². The van der Waals surface area contributed by atoms with Crippen molar-refractivity contribution in [2.24, 2.45) is 0 Å². The maximum absolute atomic E-state index is 13.6. The Bertz CT molecular complexity index is 1340. The molecule has 0 radical (unpaired) electrons. The highest BCUT2D eigenvalue weighted by molar-refractivity contribution is 8.90. The highest BCUT2D eigenvalue weighted by atomic mass is 35.5. The Morgan fingerprint density at radius 2 is 2.20 bits per heavy atom. The first-order valence-electron chi connectivity index (χ1n) is 10.6. The minimum Gasteiger partial charge on any atom is -0.492 e. The number of nitrogens with zero attached hydrogens (tertiary/aromatic N) is 2. The van der Waals surface area contributed by atoms with Crippen LogP contribution in [0.3, 0.4) is 0 Å². The van der Waals surface area contributed by atoms with Crippen molar-refractivity contribution in [3.8, 4) is 11.8 Å². The lowest BCUT2D eigenvalue weighted by Crippen LogP contribution is -2.21. The molecule has 1 aromatic heterocycles. The standard InChI is InChI=1S/C23H22ClFN4O4S2/c1-2-33-21-10-19-16(9-20(21)29-22(30)8-15-5-6-34-35(15,31)32)23(13(11-26)12-27-19)28-14-3-4-18(25)17(24)7-14/h3-4,7,9-10,12,15,31-32H,2,5-6,8H2,1H3,(H,27,28)(H,29,30). The molecule has 0 spiro atoms. The second kappa shape index (κ2) is 10.5. The number of benzene rings is 2. The van der Waals surface area contributed by atoms with Gasteiger partial charge in [-0.25, -0.2) is 4.39 Å². The van der Waals surface area contributed by atoms with Crippen molar-refractivity contribution in [2.45, 2.75) is 25.0 Å². The van der Waals surface area contributed by atoms with Crippen LogP contribution in [0.2, 0.25) is 5.02 Å². The predicted octanol–water partition coefficient (Wildman–Crippen LogP) is 6.54. The summed E-state index contributed by atoms with van der Waals surface area (Å²) in [6.45, 7) is 2.14. The van der Waals surface area contributed by atoms with E-state index in [0.29, 0.717) is 52.5 Å². The van der Waals surface area contributed by atoms with E-state index >= 15 is 0 Å². The van der Waals surface area contributed by atoms with Crippen molar-refractivity contribution in [2.75, 3.05) is 23.0 Å². The highest BCUT2D eigenvalue weighted by Gasteiger charge is 2.34. The van der Waals surface area contributed by atoms with Gasteiger partial charge in [0.05, 0.1) is 39.3 Å². The number of hydrogen-bond acceptors (Lipinski definition) is 8. The van der Waals surface area contributed by atoms with Gasteiger partial charge in [-0.2, -0.15) is 5.26 Å². The minimum atomic E-state index is -2.86. The fourth-order valence-corrected chi connectivity index (χ4v) is 7.74. The number of nitrogens with one attached hydrogen (secondary N) is 2. The topological polar surface area (TPSA) is 128 Å². The average molecular weight is 537 g/mol. The predicted molar refractivity (Wildman–Crippen MR) is 139 cm³/mol. The monoisotopic (exact) mass is 536 g/mol. The lowest BCUT2D eigenvalue weighted by molar-refractivity contribution is -0.116. The molecule has 1 amide bonds. The fraction of sp³-hybridized carbons (Fsp3) is 0.261. The number of pyridine rings is 1. The van der Waals surface area contributed by atoms with Gasteiger partial charge in [-0.1, -0.05) is 11.6 Å². The summed E-state index contributed by atoms with van der Waals surface area (Å²) in [5.74, 6) is 0.0163. The maximum Gasteiger partial charge on any atom is 0.226 e. The largest absolute Gasteiger partial charge is 0.492 e. The summed E-state index contributed by atoms with van der Waals surface area (Å²) in [7, 11) is -1.77. The van der Waals surface area contributed by atoms with Crippen LogP contribution in [0, 0.1) is 17.1 Å². The molecular formula is C23H22ClFN4O4S2. The molecule has 2 aromatic carbocycles. The number of hydrogen-bond donors (Lipinski definition) is 4. The van der Waals surface area contributed by atoms with Gasteiger partial charge in [-0.3, -0.25) is 18.9 Å². The molecule has 3 aromatic rings. The summed E-state index contributed by atoms with van der Waals surface area (Å²) in [6.07, 6.45) is 1.90. The van der Waals surface area contributed by atoms with Crippen molar-refractivity contribution in [3.05, 3.63) is 52.9 Å². The summed E-state index contributed by atoms with van der Waals surface area (Å²) in [4.78, 5) is 17.1. The average Bonchev–Trinajstić information content (AvgIpc) is 3.14. The molecule has 0 aliphatic carbocycles. The molecule has 1 fully saturated rings. The van der Waals surface area contributed by atoms with E-state index in [1.54, 1.807) is 19.1 Å². The smallest absolute Gasteiger partial charge is 0.226 e. The zero-order chi connectivity index (χ0) is 25.2. The third-order valence-electron chi connectivity index (χ3n) is 5.40. The maximum atomic E-state index is 13.6. The summed E-state index contributed by atoms with van der Waals surface area (Å²) >= 11 is 5.91. The SMILES string of the molecule is CCOc1cc2ncc(C#N)c(Nc3ccc(F)c(Cl)c3)c2cc1NC(=O)CC1CCSS1(O)O. The Kier molecular flexibility index (Phi) is 7.59.